The van der Waals surface area contributed by atoms with Crippen LogP contribution in [0.15, 0.2) is 16.3 Å². The van der Waals surface area contributed by atoms with Crippen molar-refractivity contribution in [1.82, 2.24) is 10.0 Å². The van der Waals surface area contributed by atoms with Crippen LogP contribution in [0.1, 0.15) is 31.6 Å². The van der Waals surface area contributed by atoms with Gasteiger partial charge in [-0.15, -0.1) is 11.3 Å². The molecule has 1 aromatic rings. The molecule has 0 spiro atoms. The second-order valence-electron chi connectivity index (χ2n) is 5.59. The SMILES string of the molecule is CC(C)NCCc1ccc(S(=O)(=O)NC2CCOCC2)s1. The molecular weight excluding hydrogens is 308 g/mol. The Morgan fingerprint density at radius 2 is 2.05 bits per heavy atom. The lowest BCUT2D eigenvalue weighted by Crippen LogP contribution is -2.38. The largest absolute Gasteiger partial charge is 0.381 e. The molecule has 21 heavy (non-hydrogen) atoms. The third-order valence-electron chi connectivity index (χ3n) is 3.37. The molecule has 0 amide bonds. The zero-order valence-electron chi connectivity index (χ0n) is 12.6. The molecule has 1 saturated heterocycles. The van der Waals surface area contributed by atoms with Gasteiger partial charge in [-0.2, -0.15) is 0 Å². The van der Waals surface area contributed by atoms with E-state index in [-0.39, 0.29) is 6.04 Å². The minimum Gasteiger partial charge on any atom is -0.381 e. The summed E-state index contributed by atoms with van der Waals surface area (Å²) < 4.78 is 33.1. The average molecular weight is 332 g/mol. The van der Waals surface area contributed by atoms with Crippen LogP contribution in [-0.2, 0) is 21.2 Å². The highest BCUT2D eigenvalue weighted by Crippen LogP contribution is 2.23. The molecule has 0 aromatic carbocycles. The van der Waals surface area contributed by atoms with Gasteiger partial charge in [0.15, 0.2) is 0 Å². The summed E-state index contributed by atoms with van der Waals surface area (Å²) in [5.74, 6) is 0. The van der Waals surface area contributed by atoms with Gasteiger partial charge in [0.05, 0.1) is 0 Å². The van der Waals surface area contributed by atoms with Gasteiger partial charge in [-0.1, -0.05) is 13.8 Å². The predicted octanol–water partition coefficient (Wildman–Crippen LogP) is 1.75. The summed E-state index contributed by atoms with van der Waals surface area (Å²) in [4.78, 5) is 1.09. The molecule has 7 heteroatoms. The van der Waals surface area contributed by atoms with Gasteiger partial charge in [0.25, 0.3) is 0 Å². The first-order valence-electron chi connectivity index (χ1n) is 7.39. The number of nitrogens with one attached hydrogen (secondary N) is 2. The minimum absolute atomic E-state index is 0.00286. The van der Waals surface area contributed by atoms with Gasteiger partial charge in [-0.3, -0.25) is 0 Å². The zero-order chi connectivity index (χ0) is 15.3. The van der Waals surface area contributed by atoms with E-state index in [4.69, 9.17) is 4.74 Å². The smallest absolute Gasteiger partial charge is 0.250 e. The summed E-state index contributed by atoms with van der Waals surface area (Å²) in [6.07, 6.45) is 2.35. The van der Waals surface area contributed by atoms with Crippen LogP contribution in [0.2, 0.25) is 0 Å². The summed E-state index contributed by atoms with van der Waals surface area (Å²) in [5.41, 5.74) is 0. The molecular formula is C14H24N2O3S2. The molecule has 2 N–H and O–H groups in total. The van der Waals surface area contributed by atoms with Crippen LogP contribution in [0, 0.1) is 0 Å². The Bertz CT molecular complexity index is 534. The zero-order valence-corrected chi connectivity index (χ0v) is 14.2. The Kier molecular flexibility index (Phi) is 6.19. The maximum atomic E-state index is 12.3. The molecule has 0 atom stereocenters. The van der Waals surface area contributed by atoms with Crippen molar-refractivity contribution in [3.05, 3.63) is 17.0 Å². The van der Waals surface area contributed by atoms with E-state index in [0.29, 0.717) is 23.5 Å². The maximum Gasteiger partial charge on any atom is 0.250 e. The second kappa shape index (κ2) is 7.69. The van der Waals surface area contributed by atoms with Crippen molar-refractivity contribution in [3.8, 4) is 0 Å². The Morgan fingerprint density at radius 3 is 2.71 bits per heavy atom. The van der Waals surface area contributed by atoms with Crippen molar-refractivity contribution in [2.45, 2.75) is 49.4 Å². The second-order valence-corrected chi connectivity index (χ2v) is 8.70. The monoisotopic (exact) mass is 332 g/mol. The first-order chi connectivity index (χ1) is 9.97. The number of hydrogen-bond acceptors (Lipinski definition) is 5. The molecule has 0 bridgehead atoms. The lowest BCUT2D eigenvalue weighted by atomic mass is 10.1. The van der Waals surface area contributed by atoms with Crippen LogP contribution < -0.4 is 10.0 Å². The molecule has 1 aromatic heterocycles. The van der Waals surface area contributed by atoms with Gasteiger partial charge < -0.3 is 10.1 Å². The topological polar surface area (TPSA) is 67.4 Å². The Hall–Kier alpha value is -0.470. The standard InChI is InChI=1S/C14H24N2O3S2/c1-11(2)15-8-5-13-3-4-14(20-13)21(17,18)16-12-6-9-19-10-7-12/h3-4,11-12,15-16H,5-10H2,1-2H3. The molecule has 0 aliphatic carbocycles. The number of sulfonamides is 1. The maximum absolute atomic E-state index is 12.3. The fourth-order valence-electron chi connectivity index (χ4n) is 2.21. The minimum atomic E-state index is -3.39. The van der Waals surface area contributed by atoms with Gasteiger partial charge in [0.1, 0.15) is 4.21 Å². The first kappa shape index (κ1) is 16.9. The number of ether oxygens (including phenoxy) is 1. The van der Waals surface area contributed by atoms with E-state index in [1.165, 1.54) is 11.3 Å². The van der Waals surface area contributed by atoms with Crippen molar-refractivity contribution in [3.63, 3.8) is 0 Å². The van der Waals surface area contributed by atoms with E-state index in [1.807, 2.05) is 6.07 Å². The highest BCUT2D eigenvalue weighted by Gasteiger charge is 2.23. The van der Waals surface area contributed by atoms with E-state index in [2.05, 4.69) is 23.9 Å². The van der Waals surface area contributed by atoms with Crippen LogP contribution in [0.3, 0.4) is 0 Å². The summed E-state index contributed by atoms with van der Waals surface area (Å²) in [5, 5.41) is 3.34. The normalized spacial score (nSPS) is 17.5. The summed E-state index contributed by atoms with van der Waals surface area (Å²) in [7, 11) is -3.39. The fraction of sp³-hybridized carbons (Fsp3) is 0.714. The molecule has 120 valence electrons. The van der Waals surface area contributed by atoms with E-state index in [0.717, 1.165) is 30.7 Å². The van der Waals surface area contributed by atoms with Gasteiger partial charge >= 0.3 is 0 Å². The van der Waals surface area contributed by atoms with Crippen molar-refractivity contribution < 1.29 is 13.2 Å². The number of thiophene rings is 1. The van der Waals surface area contributed by atoms with Crippen LogP contribution in [0.4, 0.5) is 0 Å². The van der Waals surface area contributed by atoms with Crippen LogP contribution in [0.5, 0.6) is 0 Å². The highest BCUT2D eigenvalue weighted by atomic mass is 32.2. The van der Waals surface area contributed by atoms with E-state index < -0.39 is 10.0 Å². The molecule has 0 radical (unpaired) electrons. The molecule has 0 saturated carbocycles. The van der Waals surface area contributed by atoms with Crippen LogP contribution in [0.25, 0.3) is 0 Å². The van der Waals surface area contributed by atoms with Gasteiger partial charge in [-0.25, -0.2) is 13.1 Å². The van der Waals surface area contributed by atoms with E-state index in [9.17, 15) is 8.42 Å². The van der Waals surface area contributed by atoms with Crippen molar-refractivity contribution >= 4 is 21.4 Å². The third-order valence-corrected chi connectivity index (χ3v) is 6.53. The lowest BCUT2D eigenvalue weighted by Gasteiger charge is -2.22. The fourth-order valence-corrected chi connectivity index (χ4v) is 4.89. The quantitative estimate of drug-likeness (QED) is 0.798. The van der Waals surface area contributed by atoms with Gasteiger partial charge in [0.2, 0.25) is 10.0 Å². The number of hydrogen-bond donors (Lipinski definition) is 2. The highest BCUT2D eigenvalue weighted by molar-refractivity contribution is 7.91. The molecule has 0 unspecified atom stereocenters. The average Bonchev–Trinajstić information content (AvgIpc) is 2.88. The predicted molar refractivity (Wildman–Crippen MR) is 85.3 cm³/mol. The van der Waals surface area contributed by atoms with Gasteiger partial charge in [-0.05, 0) is 31.4 Å². The van der Waals surface area contributed by atoms with Crippen molar-refractivity contribution in [2.24, 2.45) is 0 Å². The molecule has 2 heterocycles. The Labute approximate surface area is 131 Å². The van der Waals surface area contributed by atoms with Crippen LogP contribution in [-0.4, -0.2) is 40.3 Å². The van der Waals surface area contributed by atoms with Crippen LogP contribution >= 0.6 is 11.3 Å². The summed E-state index contributed by atoms with van der Waals surface area (Å²) in [6, 6.07) is 4.06. The van der Waals surface area contributed by atoms with E-state index in [1.54, 1.807) is 6.07 Å². The van der Waals surface area contributed by atoms with Gasteiger partial charge in [0, 0.05) is 36.7 Å². The van der Waals surface area contributed by atoms with E-state index >= 15 is 0 Å². The lowest BCUT2D eigenvalue weighted by molar-refractivity contribution is 0.0832. The van der Waals surface area contributed by atoms with Crippen molar-refractivity contribution in [1.29, 1.82) is 0 Å². The molecule has 5 nitrogen and oxygen atoms in total. The molecule has 1 aliphatic heterocycles. The molecule has 1 aliphatic rings. The Morgan fingerprint density at radius 1 is 1.33 bits per heavy atom. The third kappa shape index (κ3) is 5.34. The number of rotatable bonds is 7. The molecule has 1 fully saturated rings. The summed E-state index contributed by atoms with van der Waals surface area (Å²) >= 11 is 1.36. The summed E-state index contributed by atoms with van der Waals surface area (Å²) in [6.45, 7) is 6.32. The molecule has 2 rings (SSSR count). The first-order valence-corrected chi connectivity index (χ1v) is 9.69. The Balaban J connectivity index is 1.92. The van der Waals surface area contributed by atoms with Crippen molar-refractivity contribution in [2.75, 3.05) is 19.8 Å².